The molecule has 0 aromatic carbocycles. The van der Waals surface area contributed by atoms with Gasteiger partial charge in [-0.05, 0) is 18.0 Å². The summed E-state index contributed by atoms with van der Waals surface area (Å²) in [5.74, 6) is -0.616. The molecular formula is C6H7NO3S. The summed E-state index contributed by atoms with van der Waals surface area (Å²) in [6.45, 7) is 0. The molecule has 0 aromatic heterocycles. The fourth-order valence-electron chi connectivity index (χ4n) is 0.533. The van der Waals surface area contributed by atoms with Gasteiger partial charge in [0, 0.05) is 6.21 Å². The van der Waals surface area contributed by atoms with E-state index in [1.165, 1.54) is 18.2 Å². The molecule has 0 saturated heterocycles. The highest BCUT2D eigenvalue weighted by molar-refractivity contribution is 7.98. The van der Waals surface area contributed by atoms with Crippen LogP contribution in [-0.2, 0) is 9.53 Å². The van der Waals surface area contributed by atoms with Gasteiger partial charge in [0.05, 0.1) is 12.0 Å². The number of aliphatic carboxylic acids is 1. The van der Waals surface area contributed by atoms with Crippen molar-refractivity contribution in [1.82, 2.24) is 0 Å². The Morgan fingerprint density at radius 1 is 1.82 bits per heavy atom. The molecule has 0 saturated carbocycles. The number of nitrogens with zero attached hydrogens (tertiary/aromatic N) is 1. The summed E-state index contributed by atoms with van der Waals surface area (Å²) >= 11 is 1.18. The average Bonchev–Trinajstić information content (AvgIpc) is 1.84. The first-order valence-electron chi connectivity index (χ1n) is 2.99. The molecule has 1 aliphatic heterocycles. The van der Waals surface area contributed by atoms with Gasteiger partial charge in [-0.3, -0.25) is 0 Å². The maximum absolute atomic E-state index is 10.4. The van der Waals surface area contributed by atoms with Crippen molar-refractivity contribution in [3.05, 3.63) is 12.3 Å². The maximum atomic E-state index is 10.4. The van der Waals surface area contributed by atoms with Crippen molar-refractivity contribution in [2.45, 2.75) is 6.10 Å². The van der Waals surface area contributed by atoms with E-state index in [1.54, 1.807) is 12.3 Å². The zero-order valence-corrected chi connectivity index (χ0v) is 6.45. The summed E-state index contributed by atoms with van der Waals surface area (Å²) in [4.78, 5) is 10.4. The lowest BCUT2D eigenvalue weighted by atomic mass is 10.4. The van der Waals surface area contributed by atoms with E-state index in [1.807, 2.05) is 0 Å². The van der Waals surface area contributed by atoms with Gasteiger partial charge in [0.25, 0.3) is 0 Å². The Balaban J connectivity index is 2.51. The molecule has 1 rings (SSSR count). The third kappa shape index (κ3) is 2.63. The lowest BCUT2D eigenvalue weighted by Crippen LogP contribution is -2.24. The van der Waals surface area contributed by atoms with Gasteiger partial charge < -0.3 is 9.84 Å². The van der Waals surface area contributed by atoms with Gasteiger partial charge in [-0.15, -0.1) is 0 Å². The van der Waals surface area contributed by atoms with Crippen LogP contribution in [0, 0.1) is 0 Å². The Kier molecular flexibility index (Phi) is 2.97. The monoisotopic (exact) mass is 173 g/mol. The molecule has 11 heavy (non-hydrogen) atoms. The predicted octanol–water partition coefficient (Wildman–Crippen LogP) is 0.702. The van der Waals surface area contributed by atoms with Crippen LogP contribution in [0.4, 0.5) is 0 Å². The van der Waals surface area contributed by atoms with Crippen LogP contribution in [-0.4, -0.2) is 29.1 Å². The van der Waals surface area contributed by atoms with Crippen molar-refractivity contribution in [1.29, 1.82) is 0 Å². The molecule has 0 aromatic rings. The van der Waals surface area contributed by atoms with Crippen LogP contribution >= 0.6 is 11.9 Å². The fraction of sp³-hybridized carbons (Fsp3) is 0.333. The highest BCUT2D eigenvalue weighted by atomic mass is 32.2. The maximum Gasteiger partial charge on any atom is 0.345 e. The first kappa shape index (κ1) is 8.13. The Morgan fingerprint density at radius 3 is 3.36 bits per heavy atom. The van der Waals surface area contributed by atoms with Gasteiger partial charge >= 0.3 is 5.97 Å². The topological polar surface area (TPSA) is 58.9 Å². The molecule has 0 fully saturated rings. The number of rotatable bonds is 1. The van der Waals surface area contributed by atoms with Gasteiger partial charge in [0.15, 0.2) is 0 Å². The zero-order valence-electron chi connectivity index (χ0n) is 5.64. The summed E-state index contributed by atoms with van der Waals surface area (Å²) in [5.41, 5.74) is 0. The summed E-state index contributed by atoms with van der Waals surface area (Å²) in [6.07, 6.45) is 3.67. The normalized spacial score (nSPS) is 23.5. The molecule has 0 bridgehead atoms. The molecule has 4 nitrogen and oxygen atoms in total. The van der Waals surface area contributed by atoms with Gasteiger partial charge in [-0.25, -0.2) is 9.19 Å². The minimum Gasteiger partial charge on any atom is -0.485 e. The summed E-state index contributed by atoms with van der Waals surface area (Å²) in [7, 11) is 0. The Bertz CT molecular complexity index is 202. The molecule has 0 amide bonds. The smallest absolute Gasteiger partial charge is 0.345 e. The van der Waals surface area contributed by atoms with Gasteiger partial charge in [0.1, 0.15) is 0 Å². The quantitative estimate of drug-likeness (QED) is 0.593. The molecule has 1 N–H and O–H groups in total. The van der Waals surface area contributed by atoms with E-state index in [9.17, 15) is 4.79 Å². The van der Waals surface area contributed by atoms with Crippen LogP contribution in [0.2, 0.25) is 0 Å². The number of allylic oxidation sites excluding steroid dienone is 1. The minimum absolute atomic E-state index is 0.343. The van der Waals surface area contributed by atoms with E-state index in [0.717, 1.165) is 0 Å². The number of carbonyl (C=O) groups is 1. The van der Waals surface area contributed by atoms with Crippen molar-refractivity contribution in [2.24, 2.45) is 4.40 Å². The van der Waals surface area contributed by atoms with Crippen molar-refractivity contribution in [2.75, 3.05) is 5.75 Å². The van der Waals surface area contributed by atoms with Crippen LogP contribution < -0.4 is 0 Å². The Morgan fingerprint density at radius 2 is 2.64 bits per heavy atom. The van der Waals surface area contributed by atoms with E-state index in [0.29, 0.717) is 5.75 Å². The molecule has 0 spiro atoms. The van der Waals surface area contributed by atoms with E-state index in [2.05, 4.69) is 4.40 Å². The fourth-order valence-corrected chi connectivity index (χ4v) is 1.13. The lowest BCUT2D eigenvalue weighted by molar-refractivity contribution is -0.145. The van der Waals surface area contributed by atoms with Crippen molar-refractivity contribution in [3.63, 3.8) is 0 Å². The average molecular weight is 173 g/mol. The first-order chi connectivity index (χ1) is 5.30. The second-order valence-electron chi connectivity index (χ2n) is 1.84. The van der Waals surface area contributed by atoms with Gasteiger partial charge in [-0.1, -0.05) is 0 Å². The molecule has 60 valence electrons. The lowest BCUT2D eigenvalue weighted by Gasteiger charge is -2.10. The van der Waals surface area contributed by atoms with Crippen LogP contribution in [0.25, 0.3) is 0 Å². The largest absolute Gasteiger partial charge is 0.485 e. The highest BCUT2D eigenvalue weighted by Crippen LogP contribution is 2.09. The van der Waals surface area contributed by atoms with E-state index in [-0.39, 0.29) is 0 Å². The molecule has 1 unspecified atom stereocenters. The summed E-state index contributed by atoms with van der Waals surface area (Å²) < 4.78 is 8.68. The van der Waals surface area contributed by atoms with E-state index in [4.69, 9.17) is 9.84 Å². The Labute approximate surface area is 68.1 Å². The third-order valence-electron chi connectivity index (χ3n) is 1.04. The molecule has 1 aliphatic rings. The molecular weight excluding hydrogens is 166 g/mol. The Hall–Kier alpha value is -0.970. The predicted molar refractivity (Wildman–Crippen MR) is 42.6 cm³/mol. The van der Waals surface area contributed by atoms with Crippen molar-refractivity contribution in [3.8, 4) is 0 Å². The first-order valence-corrected chi connectivity index (χ1v) is 3.93. The molecule has 1 atom stereocenters. The minimum atomic E-state index is -0.959. The molecule has 5 heteroatoms. The highest BCUT2D eigenvalue weighted by Gasteiger charge is 2.17. The molecule has 0 radical (unpaired) electrons. The molecule has 1 heterocycles. The van der Waals surface area contributed by atoms with Gasteiger partial charge in [-0.2, -0.15) is 0 Å². The van der Waals surface area contributed by atoms with E-state index < -0.39 is 12.1 Å². The number of hydrogen-bond donors (Lipinski definition) is 1. The van der Waals surface area contributed by atoms with Crippen LogP contribution in [0.5, 0.6) is 0 Å². The van der Waals surface area contributed by atoms with Crippen molar-refractivity contribution < 1.29 is 14.6 Å². The molecule has 0 aliphatic carbocycles. The number of carboxylic acid groups (broad SMARTS) is 1. The second kappa shape index (κ2) is 4.02. The summed E-state index contributed by atoms with van der Waals surface area (Å²) in [5, 5.41) is 8.53. The number of hydrogen-bond acceptors (Lipinski definition) is 4. The van der Waals surface area contributed by atoms with Crippen LogP contribution in [0.3, 0.4) is 0 Å². The standard InChI is InChI=1S/C6H7NO3S/c8-6(9)5-4-11-7-2-1-3-10-5/h1-3,5H,4H2,(H,8,9). The van der Waals surface area contributed by atoms with Crippen LogP contribution in [0.15, 0.2) is 16.7 Å². The second-order valence-corrected chi connectivity index (χ2v) is 2.64. The van der Waals surface area contributed by atoms with Gasteiger partial charge in [0.2, 0.25) is 6.10 Å². The number of ether oxygens (including phenoxy) is 1. The third-order valence-corrected chi connectivity index (χ3v) is 1.77. The van der Waals surface area contributed by atoms with Crippen LogP contribution in [0.1, 0.15) is 0 Å². The SMILES string of the molecule is O=C(O)C1CSN=CC=CO1. The van der Waals surface area contributed by atoms with E-state index >= 15 is 0 Å². The van der Waals surface area contributed by atoms with Crippen molar-refractivity contribution >= 4 is 24.1 Å². The summed E-state index contributed by atoms with van der Waals surface area (Å²) in [6, 6.07) is 0. The number of carboxylic acids is 1. The zero-order chi connectivity index (χ0) is 8.10.